The van der Waals surface area contributed by atoms with Gasteiger partial charge in [-0.2, -0.15) is 4.98 Å². The lowest BCUT2D eigenvalue weighted by Crippen LogP contribution is -2.36. The van der Waals surface area contributed by atoms with Gasteiger partial charge in [0.05, 0.1) is 0 Å². The Labute approximate surface area is 204 Å². The number of anilines is 2. The molecule has 2 rings (SSSR count). The summed E-state index contributed by atoms with van der Waals surface area (Å²) in [6, 6.07) is 4.17. The number of hydrogen-bond donors (Lipinski definition) is 4. The number of likely N-dealkylation sites (N-methyl/N-ethyl adjacent to an activating group) is 1. The van der Waals surface area contributed by atoms with Crippen molar-refractivity contribution in [2.24, 2.45) is 0 Å². The van der Waals surface area contributed by atoms with Crippen molar-refractivity contribution in [2.45, 2.75) is 45.6 Å². The van der Waals surface area contributed by atoms with E-state index in [1.165, 1.54) is 5.56 Å². The Hall–Kier alpha value is -3.14. The molecule has 0 saturated carbocycles. The second-order valence-electron chi connectivity index (χ2n) is 8.23. The zero-order valence-electron chi connectivity index (χ0n) is 20.6. The Morgan fingerprint density at radius 3 is 2.62 bits per heavy atom. The number of carbonyl (C=O) groups is 1. The molecular weight excluding hydrogens is 427 g/mol. The lowest BCUT2D eigenvalue weighted by molar-refractivity contribution is 0.0952. The van der Waals surface area contributed by atoms with Crippen molar-refractivity contribution in [3.63, 3.8) is 0 Å². The third-order valence-electron chi connectivity index (χ3n) is 5.14. The molecule has 9 nitrogen and oxygen atoms in total. The quantitative estimate of drug-likeness (QED) is 0.281. The van der Waals surface area contributed by atoms with E-state index in [0.29, 0.717) is 43.5 Å². The van der Waals surface area contributed by atoms with Gasteiger partial charge in [-0.3, -0.25) is 9.78 Å². The molecule has 0 aliphatic rings. The topological polar surface area (TPSA) is 107 Å². The predicted molar refractivity (Wildman–Crippen MR) is 139 cm³/mol. The summed E-state index contributed by atoms with van der Waals surface area (Å²) < 4.78 is 0. The van der Waals surface area contributed by atoms with E-state index in [4.69, 9.17) is 7.98 Å². The summed E-state index contributed by atoms with van der Waals surface area (Å²) in [5.41, 5.74) is 2.47. The van der Waals surface area contributed by atoms with E-state index in [-0.39, 0.29) is 11.9 Å². The maximum absolute atomic E-state index is 12.9. The van der Waals surface area contributed by atoms with Gasteiger partial charge in [0.2, 0.25) is 5.95 Å². The Kier molecular flexibility index (Phi) is 11.9. The molecule has 2 aromatic rings. The molecule has 4 N–H and O–H groups in total. The fourth-order valence-corrected chi connectivity index (χ4v) is 3.35. The van der Waals surface area contributed by atoms with Crippen LogP contribution in [0.5, 0.6) is 0 Å². The molecule has 2 radical (unpaired) electrons. The second kappa shape index (κ2) is 14.9. The zero-order chi connectivity index (χ0) is 24.8. The number of rotatable bonds is 16. The van der Waals surface area contributed by atoms with E-state index in [1.54, 1.807) is 30.4 Å². The summed E-state index contributed by atoms with van der Waals surface area (Å²) in [5, 5.41) is 12.8. The van der Waals surface area contributed by atoms with Crippen LogP contribution in [-0.4, -0.2) is 72.9 Å². The van der Waals surface area contributed by atoms with Gasteiger partial charge in [-0.15, -0.1) is 0 Å². The fraction of sp³-hybridized carbons (Fsp3) is 0.500. The molecule has 0 fully saturated rings. The van der Waals surface area contributed by atoms with Crippen molar-refractivity contribution in [1.82, 2.24) is 30.4 Å². The SMILES string of the molecule is [B]N(C)CC(=C)NC(CC)CCNC(=O)c1cnc(NCCc2ccncc2)nc1NCCC. The summed E-state index contributed by atoms with van der Waals surface area (Å²) >= 11 is 0. The highest BCUT2D eigenvalue weighted by atomic mass is 16.1. The highest BCUT2D eigenvalue weighted by molar-refractivity contribution is 6.04. The summed E-state index contributed by atoms with van der Waals surface area (Å²) in [7, 11) is 7.47. The van der Waals surface area contributed by atoms with E-state index in [2.05, 4.69) is 56.6 Å². The van der Waals surface area contributed by atoms with Crippen LogP contribution in [0.15, 0.2) is 43.0 Å². The van der Waals surface area contributed by atoms with Crippen LogP contribution in [-0.2, 0) is 6.42 Å². The van der Waals surface area contributed by atoms with E-state index in [0.717, 1.165) is 31.4 Å². The van der Waals surface area contributed by atoms with Crippen molar-refractivity contribution in [3.05, 3.63) is 54.1 Å². The largest absolute Gasteiger partial charge is 0.385 e. The van der Waals surface area contributed by atoms with Gasteiger partial charge in [-0.1, -0.05) is 20.4 Å². The first-order chi connectivity index (χ1) is 16.4. The number of amides is 1. The third kappa shape index (κ3) is 9.78. The van der Waals surface area contributed by atoms with Crippen LogP contribution >= 0.6 is 0 Å². The molecule has 1 atom stereocenters. The minimum Gasteiger partial charge on any atom is -0.385 e. The Morgan fingerprint density at radius 2 is 1.94 bits per heavy atom. The first kappa shape index (κ1) is 27.1. The summed E-state index contributed by atoms with van der Waals surface area (Å²) in [5.74, 6) is 0.824. The van der Waals surface area contributed by atoms with Gasteiger partial charge >= 0.3 is 0 Å². The molecule has 0 aliphatic heterocycles. The summed E-state index contributed by atoms with van der Waals surface area (Å²) in [6.45, 7) is 10.7. The van der Waals surface area contributed by atoms with Gasteiger partial charge in [0.25, 0.3) is 5.91 Å². The average Bonchev–Trinajstić information content (AvgIpc) is 2.82. The minimum absolute atomic E-state index is 0.197. The fourth-order valence-electron chi connectivity index (χ4n) is 3.35. The van der Waals surface area contributed by atoms with Crippen LogP contribution in [0, 0.1) is 0 Å². The Morgan fingerprint density at radius 1 is 1.18 bits per heavy atom. The van der Waals surface area contributed by atoms with Crippen LogP contribution in [0.25, 0.3) is 0 Å². The van der Waals surface area contributed by atoms with Crippen LogP contribution in [0.1, 0.15) is 49.0 Å². The highest BCUT2D eigenvalue weighted by Crippen LogP contribution is 2.14. The molecule has 0 saturated heterocycles. The third-order valence-corrected chi connectivity index (χ3v) is 5.14. The van der Waals surface area contributed by atoms with Gasteiger partial charge < -0.3 is 26.1 Å². The summed E-state index contributed by atoms with van der Waals surface area (Å²) in [6.07, 6.45) is 8.55. The minimum atomic E-state index is -0.197. The van der Waals surface area contributed by atoms with E-state index >= 15 is 0 Å². The van der Waals surface area contributed by atoms with E-state index in [1.807, 2.05) is 12.1 Å². The van der Waals surface area contributed by atoms with Crippen molar-refractivity contribution in [1.29, 1.82) is 0 Å². The molecule has 2 aromatic heterocycles. The zero-order valence-corrected chi connectivity index (χ0v) is 20.6. The molecule has 182 valence electrons. The summed E-state index contributed by atoms with van der Waals surface area (Å²) in [4.78, 5) is 27.4. The molecule has 0 bridgehead atoms. The number of hydrogen-bond acceptors (Lipinski definition) is 8. The number of carbonyl (C=O) groups excluding carboxylic acids is 1. The van der Waals surface area contributed by atoms with Crippen molar-refractivity contribution >= 4 is 25.7 Å². The lowest BCUT2D eigenvalue weighted by Gasteiger charge is -2.22. The maximum atomic E-state index is 12.9. The number of pyridine rings is 1. The van der Waals surface area contributed by atoms with E-state index < -0.39 is 0 Å². The lowest BCUT2D eigenvalue weighted by atomic mass is 10.1. The van der Waals surface area contributed by atoms with Crippen LogP contribution in [0.4, 0.5) is 11.8 Å². The molecule has 34 heavy (non-hydrogen) atoms. The van der Waals surface area contributed by atoms with Gasteiger partial charge in [-0.05, 0) is 50.4 Å². The predicted octanol–water partition coefficient (Wildman–Crippen LogP) is 2.37. The molecule has 1 unspecified atom stereocenters. The van der Waals surface area contributed by atoms with Gasteiger partial charge in [-0.25, -0.2) is 4.98 Å². The first-order valence-corrected chi connectivity index (χ1v) is 11.8. The normalized spacial score (nSPS) is 11.6. The molecule has 2 heterocycles. The molecule has 1 amide bonds. The number of nitrogens with one attached hydrogen (secondary N) is 4. The molecule has 10 heteroatoms. The van der Waals surface area contributed by atoms with Gasteiger partial charge in [0.15, 0.2) is 7.98 Å². The number of aromatic nitrogens is 3. The van der Waals surface area contributed by atoms with Crippen LogP contribution < -0.4 is 21.3 Å². The Balaban J connectivity index is 1.92. The highest BCUT2D eigenvalue weighted by Gasteiger charge is 2.15. The maximum Gasteiger partial charge on any atom is 0.256 e. The van der Waals surface area contributed by atoms with Crippen molar-refractivity contribution in [2.75, 3.05) is 43.9 Å². The smallest absolute Gasteiger partial charge is 0.256 e. The standard InChI is InChI=1S/C24H37BN8O/c1-5-11-27-22-21(16-30-24(32-22)29-14-9-19-7-12-26-13-8-19)23(34)28-15-10-20(6-2)31-18(3)17-33(4)25/h7-8,12-13,16,20,31H,3,5-6,9-11,14-15,17H2,1-2,4H3,(H,28,34)(H2,27,29,30,32). The first-order valence-electron chi connectivity index (χ1n) is 11.8. The van der Waals surface area contributed by atoms with E-state index in [9.17, 15) is 4.79 Å². The van der Waals surface area contributed by atoms with Crippen LogP contribution in [0.2, 0.25) is 0 Å². The molecular formula is C24H37BN8O. The monoisotopic (exact) mass is 464 g/mol. The molecule has 0 aliphatic carbocycles. The molecule has 0 aromatic carbocycles. The van der Waals surface area contributed by atoms with Crippen molar-refractivity contribution < 1.29 is 4.79 Å². The van der Waals surface area contributed by atoms with Gasteiger partial charge in [0.1, 0.15) is 11.4 Å². The molecule has 0 spiro atoms. The van der Waals surface area contributed by atoms with Gasteiger partial charge in [0, 0.05) is 56.5 Å². The second-order valence-corrected chi connectivity index (χ2v) is 8.23. The van der Waals surface area contributed by atoms with Crippen molar-refractivity contribution in [3.8, 4) is 0 Å². The number of nitrogens with zero attached hydrogens (tertiary/aromatic N) is 4. The average molecular weight is 464 g/mol. The van der Waals surface area contributed by atoms with Crippen LogP contribution in [0.3, 0.4) is 0 Å². The Bertz CT molecular complexity index is 894.